The zero-order chi connectivity index (χ0) is 10.1. The van der Waals surface area contributed by atoms with Gasteiger partial charge in [-0.25, -0.2) is 0 Å². The Hall–Kier alpha value is -0.130. The molecule has 4 heteroatoms. The van der Waals surface area contributed by atoms with Gasteiger partial charge in [0.25, 0.3) is 0 Å². The summed E-state index contributed by atoms with van der Waals surface area (Å²) in [5.74, 6) is 0.488. The van der Waals surface area contributed by atoms with Crippen LogP contribution in [0, 0.1) is 3.57 Å². The lowest BCUT2D eigenvalue weighted by Crippen LogP contribution is -1.81. The van der Waals surface area contributed by atoms with E-state index in [1.165, 1.54) is 11.3 Å². The fourth-order valence-electron chi connectivity index (χ4n) is 1.38. The minimum absolute atomic E-state index is 0.488. The van der Waals surface area contributed by atoms with E-state index in [4.69, 9.17) is 11.6 Å². The number of hydrogen-bond acceptors (Lipinski definition) is 2. The summed E-state index contributed by atoms with van der Waals surface area (Å²) < 4.78 is 2.16. The Bertz CT molecular complexity index is 492. The van der Waals surface area contributed by atoms with E-state index in [0.29, 0.717) is 5.88 Å². The summed E-state index contributed by atoms with van der Waals surface area (Å²) >= 11 is 9.57. The number of halogens is 2. The Balaban J connectivity index is 2.85. The molecular weight excluding hydrogens is 331 g/mol. The SMILES string of the molecule is O=Cc1sc2cccc(CCl)c2c1I. The first-order valence-corrected chi connectivity index (χ1v) is 6.42. The molecule has 0 spiro atoms. The van der Waals surface area contributed by atoms with Gasteiger partial charge in [-0.2, -0.15) is 0 Å². The van der Waals surface area contributed by atoms with Crippen LogP contribution in [0.15, 0.2) is 18.2 Å². The summed E-state index contributed by atoms with van der Waals surface area (Å²) in [5, 5.41) is 1.13. The lowest BCUT2D eigenvalue weighted by atomic mass is 10.1. The molecule has 0 fully saturated rings. The van der Waals surface area contributed by atoms with Gasteiger partial charge in [-0.15, -0.1) is 22.9 Å². The molecular formula is C10H6ClIOS. The Morgan fingerprint density at radius 3 is 2.93 bits per heavy atom. The number of fused-ring (bicyclic) bond motifs is 1. The third kappa shape index (κ3) is 1.57. The van der Waals surface area contributed by atoms with Crippen molar-refractivity contribution < 1.29 is 4.79 Å². The number of rotatable bonds is 2. The van der Waals surface area contributed by atoms with Crippen molar-refractivity contribution in [3.8, 4) is 0 Å². The molecule has 1 aromatic heterocycles. The Morgan fingerprint density at radius 1 is 1.50 bits per heavy atom. The molecule has 0 aliphatic rings. The molecule has 2 rings (SSSR count). The van der Waals surface area contributed by atoms with Gasteiger partial charge in [-0.3, -0.25) is 4.79 Å². The van der Waals surface area contributed by atoms with E-state index in [-0.39, 0.29) is 0 Å². The Kier molecular flexibility index (Phi) is 3.09. The first-order chi connectivity index (χ1) is 6.77. The fourth-order valence-corrected chi connectivity index (χ4v) is 3.84. The average Bonchev–Trinajstić information content (AvgIpc) is 2.55. The molecule has 0 N–H and O–H groups in total. The highest BCUT2D eigenvalue weighted by atomic mass is 127. The predicted octanol–water partition coefficient (Wildman–Crippen LogP) is 4.06. The van der Waals surface area contributed by atoms with Gasteiger partial charge in [0.15, 0.2) is 6.29 Å². The smallest absolute Gasteiger partial charge is 0.161 e. The maximum absolute atomic E-state index is 10.8. The lowest BCUT2D eigenvalue weighted by molar-refractivity contribution is 0.112. The van der Waals surface area contributed by atoms with Crippen LogP contribution >= 0.6 is 45.5 Å². The molecule has 0 bridgehead atoms. The molecule has 0 saturated carbocycles. The minimum Gasteiger partial charge on any atom is -0.297 e. The summed E-state index contributed by atoms with van der Waals surface area (Å²) in [6.07, 6.45) is 0.907. The topological polar surface area (TPSA) is 17.1 Å². The highest BCUT2D eigenvalue weighted by molar-refractivity contribution is 14.1. The summed E-state index contributed by atoms with van der Waals surface area (Å²) in [4.78, 5) is 11.6. The molecule has 0 aliphatic heterocycles. The van der Waals surface area contributed by atoms with Gasteiger partial charge in [-0.05, 0) is 34.2 Å². The molecule has 0 amide bonds. The standard InChI is InChI=1S/C10H6ClIOS/c11-4-6-2-1-3-7-9(6)10(12)8(5-13)14-7/h1-3,5H,4H2. The van der Waals surface area contributed by atoms with Crippen molar-refractivity contribution in [2.24, 2.45) is 0 Å². The quantitative estimate of drug-likeness (QED) is 0.459. The summed E-state index contributed by atoms with van der Waals surface area (Å²) in [5.41, 5.74) is 1.10. The van der Waals surface area contributed by atoms with Crippen LogP contribution in [0.25, 0.3) is 10.1 Å². The first kappa shape index (κ1) is 10.4. The van der Waals surface area contributed by atoms with E-state index in [0.717, 1.165) is 30.4 Å². The van der Waals surface area contributed by atoms with Crippen molar-refractivity contribution in [3.63, 3.8) is 0 Å². The van der Waals surface area contributed by atoms with E-state index >= 15 is 0 Å². The number of aldehydes is 1. The van der Waals surface area contributed by atoms with Crippen LogP contribution in [-0.2, 0) is 5.88 Å². The molecule has 0 radical (unpaired) electrons. The highest BCUT2D eigenvalue weighted by Gasteiger charge is 2.11. The zero-order valence-electron chi connectivity index (χ0n) is 7.09. The summed E-state index contributed by atoms with van der Waals surface area (Å²) in [7, 11) is 0. The van der Waals surface area contributed by atoms with Crippen molar-refractivity contribution in [2.75, 3.05) is 0 Å². The predicted molar refractivity (Wildman–Crippen MR) is 69.5 cm³/mol. The van der Waals surface area contributed by atoms with Crippen LogP contribution in [-0.4, -0.2) is 6.29 Å². The van der Waals surface area contributed by atoms with Crippen LogP contribution in [0.5, 0.6) is 0 Å². The van der Waals surface area contributed by atoms with Crippen LogP contribution in [0.2, 0.25) is 0 Å². The Morgan fingerprint density at radius 2 is 2.29 bits per heavy atom. The molecule has 1 aromatic carbocycles. The van der Waals surface area contributed by atoms with Crippen molar-refractivity contribution >= 4 is 61.9 Å². The fraction of sp³-hybridized carbons (Fsp3) is 0.100. The van der Waals surface area contributed by atoms with Gasteiger partial charge < -0.3 is 0 Å². The molecule has 0 saturated heterocycles. The normalized spacial score (nSPS) is 10.7. The van der Waals surface area contributed by atoms with E-state index in [9.17, 15) is 4.79 Å². The third-order valence-electron chi connectivity index (χ3n) is 2.02. The molecule has 1 nitrogen and oxygen atoms in total. The van der Waals surface area contributed by atoms with Crippen molar-refractivity contribution in [3.05, 3.63) is 32.2 Å². The third-order valence-corrected chi connectivity index (χ3v) is 4.87. The van der Waals surface area contributed by atoms with Gasteiger partial charge in [0.2, 0.25) is 0 Å². The van der Waals surface area contributed by atoms with E-state index in [2.05, 4.69) is 22.6 Å². The second kappa shape index (κ2) is 4.16. The average molecular weight is 337 g/mol. The number of hydrogen-bond donors (Lipinski definition) is 0. The zero-order valence-corrected chi connectivity index (χ0v) is 10.8. The second-order valence-electron chi connectivity index (χ2n) is 2.82. The maximum Gasteiger partial charge on any atom is 0.161 e. The monoisotopic (exact) mass is 336 g/mol. The van der Waals surface area contributed by atoms with Crippen molar-refractivity contribution in [1.29, 1.82) is 0 Å². The molecule has 14 heavy (non-hydrogen) atoms. The molecule has 0 atom stereocenters. The van der Waals surface area contributed by atoms with E-state index in [1.807, 2.05) is 18.2 Å². The first-order valence-electron chi connectivity index (χ1n) is 3.99. The molecule has 72 valence electrons. The Labute approximate surface area is 104 Å². The van der Waals surface area contributed by atoms with Crippen LogP contribution in [0.3, 0.4) is 0 Å². The number of carbonyl (C=O) groups is 1. The van der Waals surface area contributed by atoms with Crippen molar-refractivity contribution in [1.82, 2.24) is 0 Å². The number of benzene rings is 1. The summed E-state index contributed by atoms with van der Waals surface area (Å²) in [6.45, 7) is 0. The van der Waals surface area contributed by atoms with Gasteiger partial charge in [0.05, 0.1) is 4.88 Å². The molecule has 1 heterocycles. The number of carbonyl (C=O) groups excluding carboxylic acids is 1. The van der Waals surface area contributed by atoms with Gasteiger partial charge in [0, 0.05) is 19.5 Å². The van der Waals surface area contributed by atoms with Crippen molar-refractivity contribution in [2.45, 2.75) is 5.88 Å². The van der Waals surface area contributed by atoms with Gasteiger partial charge in [-0.1, -0.05) is 12.1 Å². The largest absolute Gasteiger partial charge is 0.297 e. The highest BCUT2D eigenvalue weighted by Crippen LogP contribution is 2.34. The van der Waals surface area contributed by atoms with Crippen LogP contribution in [0.4, 0.5) is 0 Å². The number of alkyl halides is 1. The molecule has 0 unspecified atom stereocenters. The number of thiophene rings is 1. The van der Waals surface area contributed by atoms with Crippen LogP contribution < -0.4 is 0 Å². The maximum atomic E-state index is 10.8. The van der Waals surface area contributed by atoms with E-state index in [1.54, 1.807) is 0 Å². The van der Waals surface area contributed by atoms with Gasteiger partial charge in [0.1, 0.15) is 0 Å². The van der Waals surface area contributed by atoms with E-state index < -0.39 is 0 Å². The van der Waals surface area contributed by atoms with Crippen LogP contribution in [0.1, 0.15) is 15.2 Å². The summed E-state index contributed by atoms with van der Waals surface area (Å²) in [6, 6.07) is 5.99. The lowest BCUT2D eigenvalue weighted by Gasteiger charge is -1.97. The second-order valence-corrected chi connectivity index (χ2v) is 5.25. The molecule has 0 aliphatic carbocycles. The molecule has 2 aromatic rings. The van der Waals surface area contributed by atoms with Gasteiger partial charge >= 0.3 is 0 Å². The minimum atomic E-state index is 0.488.